The first kappa shape index (κ1) is 17.8. The molecule has 1 aromatic carbocycles. The Labute approximate surface area is 145 Å². The van der Waals surface area contributed by atoms with Gasteiger partial charge in [-0.2, -0.15) is 0 Å². The molecular weight excluding hydrogens is 337 g/mol. The summed E-state index contributed by atoms with van der Waals surface area (Å²) in [7, 11) is 0. The van der Waals surface area contributed by atoms with Crippen molar-refractivity contribution in [2.75, 3.05) is 31.5 Å². The highest BCUT2D eigenvalue weighted by molar-refractivity contribution is 6.45. The molecule has 1 heterocycles. The first-order chi connectivity index (χ1) is 11.0. The van der Waals surface area contributed by atoms with E-state index in [9.17, 15) is 9.90 Å². The second-order valence-electron chi connectivity index (χ2n) is 5.06. The molecule has 0 atom stereocenters. The molecule has 1 aromatic heterocycles. The minimum atomic E-state index is -1.03. The lowest BCUT2D eigenvalue weighted by Gasteiger charge is -2.19. The summed E-state index contributed by atoms with van der Waals surface area (Å²) in [6.07, 6.45) is 1.31. The Morgan fingerprint density at radius 3 is 2.61 bits per heavy atom. The molecule has 7 heteroatoms. The first-order valence-electron chi connectivity index (χ1n) is 7.45. The molecule has 2 rings (SSSR count). The van der Waals surface area contributed by atoms with Crippen LogP contribution in [0.2, 0.25) is 10.0 Å². The lowest BCUT2D eigenvalue weighted by Crippen LogP contribution is -2.29. The number of anilines is 1. The number of rotatable bonds is 7. The fraction of sp³-hybridized carbons (Fsp3) is 0.375. The Hall–Kier alpha value is -1.56. The SMILES string of the molecule is CCN(CC)CCNc1c(C(=O)O)cnc2c(Cl)c(Cl)ccc12. The van der Waals surface area contributed by atoms with Crippen LogP contribution in [0.15, 0.2) is 18.3 Å². The maximum Gasteiger partial charge on any atom is 0.339 e. The molecule has 0 aliphatic carbocycles. The van der Waals surface area contributed by atoms with Crippen LogP contribution in [-0.4, -0.2) is 47.1 Å². The van der Waals surface area contributed by atoms with Crippen molar-refractivity contribution >= 4 is 45.8 Å². The van der Waals surface area contributed by atoms with Crippen LogP contribution in [0.25, 0.3) is 10.9 Å². The van der Waals surface area contributed by atoms with E-state index < -0.39 is 5.97 Å². The fourth-order valence-electron chi connectivity index (χ4n) is 2.44. The van der Waals surface area contributed by atoms with Gasteiger partial charge in [-0.1, -0.05) is 37.0 Å². The number of fused-ring (bicyclic) bond motifs is 1. The molecule has 0 aliphatic rings. The molecule has 0 radical (unpaired) electrons. The van der Waals surface area contributed by atoms with Gasteiger partial charge in [-0.05, 0) is 25.2 Å². The van der Waals surface area contributed by atoms with E-state index in [4.69, 9.17) is 23.2 Å². The maximum absolute atomic E-state index is 11.5. The minimum absolute atomic E-state index is 0.121. The van der Waals surface area contributed by atoms with Crippen LogP contribution in [0.5, 0.6) is 0 Å². The minimum Gasteiger partial charge on any atom is -0.478 e. The van der Waals surface area contributed by atoms with Crippen molar-refractivity contribution in [2.24, 2.45) is 0 Å². The number of hydrogen-bond donors (Lipinski definition) is 2. The summed E-state index contributed by atoms with van der Waals surface area (Å²) in [6, 6.07) is 3.39. The van der Waals surface area contributed by atoms with Gasteiger partial charge < -0.3 is 15.3 Å². The number of halogens is 2. The van der Waals surface area contributed by atoms with E-state index >= 15 is 0 Å². The van der Waals surface area contributed by atoms with Crippen LogP contribution >= 0.6 is 23.2 Å². The molecule has 0 saturated heterocycles. The largest absolute Gasteiger partial charge is 0.478 e. The third kappa shape index (κ3) is 3.86. The predicted molar refractivity (Wildman–Crippen MR) is 95.0 cm³/mol. The zero-order valence-corrected chi connectivity index (χ0v) is 14.6. The van der Waals surface area contributed by atoms with Gasteiger partial charge in [0.1, 0.15) is 5.56 Å². The maximum atomic E-state index is 11.5. The number of carboxylic acids is 1. The highest BCUT2D eigenvalue weighted by atomic mass is 35.5. The molecule has 0 spiro atoms. The van der Waals surface area contributed by atoms with Gasteiger partial charge in [0.15, 0.2) is 0 Å². The fourth-order valence-corrected chi connectivity index (χ4v) is 2.80. The average molecular weight is 356 g/mol. The molecule has 2 aromatic rings. The number of nitrogens with zero attached hydrogens (tertiary/aromatic N) is 2. The van der Waals surface area contributed by atoms with Gasteiger partial charge in [-0.25, -0.2) is 4.79 Å². The Bertz CT molecular complexity index is 718. The smallest absolute Gasteiger partial charge is 0.339 e. The Morgan fingerprint density at radius 1 is 1.30 bits per heavy atom. The van der Waals surface area contributed by atoms with Crippen molar-refractivity contribution < 1.29 is 9.90 Å². The lowest BCUT2D eigenvalue weighted by atomic mass is 10.1. The van der Waals surface area contributed by atoms with Crippen LogP contribution in [0.3, 0.4) is 0 Å². The second kappa shape index (κ2) is 7.81. The van der Waals surface area contributed by atoms with Gasteiger partial charge in [0.25, 0.3) is 0 Å². The summed E-state index contributed by atoms with van der Waals surface area (Å²) >= 11 is 12.2. The lowest BCUT2D eigenvalue weighted by molar-refractivity contribution is 0.0697. The average Bonchev–Trinajstić information content (AvgIpc) is 2.54. The molecular formula is C16H19Cl2N3O2. The highest BCUT2D eigenvalue weighted by Crippen LogP contribution is 2.34. The number of hydrogen-bond acceptors (Lipinski definition) is 4. The molecule has 0 fully saturated rings. The van der Waals surface area contributed by atoms with Crippen LogP contribution in [-0.2, 0) is 0 Å². The summed E-state index contributed by atoms with van der Waals surface area (Å²) in [5, 5.41) is 14.0. The standard InChI is InChI=1S/C16H19Cl2N3O2/c1-3-21(4-2)8-7-19-14-10-5-6-12(17)13(18)15(10)20-9-11(14)16(22)23/h5-6,9H,3-4,7-8H2,1-2H3,(H,19,20)(H,22,23). The summed E-state index contributed by atoms with van der Waals surface area (Å²) in [4.78, 5) is 17.9. The van der Waals surface area contributed by atoms with Crippen molar-refractivity contribution in [3.05, 3.63) is 33.9 Å². The number of benzene rings is 1. The first-order valence-corrected chi connectivity index (χ1v) is 8.21. The highest BCUT2D eigenvalue weighted by Gasteiger charge is 2.17. The number of pyridine rings is 1. The van der Waals surface area contributed by atoms with Crippen molar-refractivity contribution in [2.45, 2.75) is 13.8 Å². The molecule has 0 bridgehead atoms. The third-order valence-electron chi connectivity index (χ3n) is 3.79. The van der Waals surface area contributed by atoms with E-state index in [1.54, 1.807) is 12.1 Å². The van der Waals surface area contributed by atoms with Crippen molar-refractivity contribution in [3.8, 4) is 0 Å². The van der Waals surface area contributed by atoms with E-state index in [-0.39, 0.29) is 5.56 Å². The van der Waals surface area contributed by atoms with Gasteiger partial charge in [-0.15, -0.1) is 0 Å². The normalized spacial score (nSPS) is 11.2. The summed E-state index contributed by atoms with van der Waals surface area (Å²) in [6.45, 7) is 7.52. The molecule has 5 nitrogen and oxygen atoms in total. The van der Waals surface area contributed by atoms with E-state index in [0.717, 1.165) is 19.6 Å². The molecule has 23 heavy (non-hydrogen) atoms. The zero-order chi connectivity index (χ0) is 17.0. The van der Waals surface area contributed by atoms with Gasteiger partial charge in [-0.3, -0.25) is 4.98 Å². The quantitative estimate of drug-likeness (QED) is 0.785. The monoisotopic (exact) mass is 355 g/mol. The molecule has 124 valence electrons. The predicted octanol–water partition coefficient (Wildman–Crippen LogP) is 3.99. The van der Waals surface area contributed by atoms with Crippen LogP contribution in [0.1, 0.15) is 24.2 Å². The number of carboxylic acid groups (broad SMARTS) is 1. The molecule has 0 unspecified atom stereocenters. The number of aromatic nitrogens is 1. The Morgan fingerprint density at radius 2 is 2.00 bits per heavy atom. The van der Waals surface area contributed by atoms with Gasteiger partial charge in [0.05, 0.1) is 21.2 Å². The third-order valence-corrected chi connectivity index (χ3v) is 4.58. The van der Waals surface area contributed by atoms with E-state index in [1.165, 1.54) is 6.20 Å². The number of nitrogens with one attached hydrogen (secondary N) is 1. The molecule has 2 N–H and O–H groups in total. The summed E-state index contributed by atoms with van der Waals surface area (Å²) < 4.78 is 0. The van der Waals surface area contributed by atoms with Gasteiger partial charge in [0.2, 0.25) is 0 Å². The van der Waals surface area contributed by atoms with Crippen LogP contribution < -0.4 is 5.32 Å². The summed E-state index contributed by atoms with van der Waals surface area (Å²) in [5.41, 5.74) is 1.14. The Kier molecular flexibility index (Phi) is 6.04. The number of aromatic carboxylic acids is 1. The van der Waals surface area contributed by atoms with Gasteiger partial charge >= 0.3 is 5.97 Å². The topological polar surface area (TPSA) is 65.5 Å². The van der Waals surface area contributed by atoms with E-state index in [2.05, 4.69) is 29.0 Å². The van der Waals surface area contributed by atoms with Gasteiger partial charge in [0, 0.05) is 24.7 Å². The van der Waals surface area contributed by atoms with Crippen LogP contribution in [0.4, 0.5) is 5.69 Å². The van der Waals surface area contributed by atoms with Crippen molar-refractivity contribution in [3.63, 3.8) is 0 Å². The molecule has 0 amide bonds. The zero-order valence-electron chi connectivity index (χ0n) is 13.1. The summed E-state index contributed by atoms with van der Waals surface area (Å²) in [5.74, 6) is -1.03. The molecule has 0 aliphatic heterocycles. The van der Waals surface area contributed by atoms with Crippen molar-refractivity contribution in [1.29, 1.82) is 0 Å². The molecule has 0 saturated carbocycles. The van der Waals surface area contributed by atoms with Crippen molar-refractivity contribution in [1.82, 2.24) is 9.88 Å². The van der Waals surface area contributed by atoms with E-state index in [0.29, 0.717) is 33.2 Å². The number of carbonyl (C=O) groups is 1. The Balaban J connectivity index is 2.40. The number of likely N-dealkylation sites (N-methyl/N-ethyl adjacent to an activating group) is 1. The second-order valence-corrected chi connectivity index (χ2v) is 5.85. The van der Waals surface area contributed by atoms with E-state index in [1.807, 2.05) is 0 Å². The van der Waals surface area contributed by atoms with Crippen LogP contribution in [0, 0.1) is 0 Å².